The Morgan fingerprint density at radius 2 is 1.60 bits per heavy atom. The number of nitrogens with zero attached hydrogens (tertiary/aromatic N) is 1. The molecule has 0 saturated carbocycles. The molecule has 2 aromatic rings. The molecule has 0 aromatic heterocycles. The third-order valence-electron chi connectivity index (χ3n) is 4.75. The van der Waals surface area contributed by atoms with Crippen LogP contribution in [0.25, 0.3) is 6.08 Å². The first-order valence-electron chi connectivity index (χ1n) is 9.23. The van der Waals surface area contributed by atoms with E-state index in [1.807, 2.05) is 19.1 Å². The van der Waals surface area contributed by atoms with Gasteiger partial charge in [-0.25, -0.2) is 0 Å². The summed E-state index contributed by atoms with van der Waals surface area (Å²) in [6.45, 7) is 2.04. The van der Waals surface area contributed by atoms with E-state index in [0.29, 0.717) is 28.5 Å². The van der Waals surface area contributed by atoms with Gasteiger partial charge in [0.15, 0.2) is 5.11 Å². The fraction of sp³-hybridized carbons (Fsp3) is 0.227. The molecule has 1 fully saturated rings. The summed E-state index contributed by atoms with van der Waals surface area (Å²) in [5.41, 5.74) is 2.04. The maximum absolute atomic E-state index is 13.2. The lowest BCUT2D eigenvalue weighted by atomic mass is 10.0. The lowest BCUT2D eigenvalue weighted by molar-refractivity contribution is -0.122. The number of hydrogen-bond donors (Lipinski definition) is 1. The van der Waals surface area contributed by atoms with Gasteiger partial charge < -0.3 is 14.2 Å². The Bertz CT molecular complexity index is 1010. The highest BCUT2D eigenvalue weighted by atomic mass is 32.1. The number of anilines is 1. The van der Waals surface area contributed by atoms with E-state index in [9.17, 15) is 9.59 Å². The third-order valence-corrected chi connectivity index (χ3v) is 5.03. The van der Waals surface area contributed by atoms with Crippen LogP contribution in [0.15, 0.2) is 42.0 Å². The smallest absolute Gasteiger partial charge is 0.270 e. The van der Waals surface area contributed by atoms with Crippen molar-refractivity contribution < 1.29 is 23.8 Å². The van der Waals surface area contributed by atoms with Crippen LogP contribution in [0.4, 0.5) is 5.69 Å². The molecule has 0 unspecified atom stereocenters. The summed E-state index contributed by atoms with van der Waals surface area (Å²) < 4.78 is 16.1. The molecule has 0 bridgehead atoms. The minimum atomic E-state index is -0.591. The van der Waals surface area contributed by atoms with Gasteiger partial charge in [-0.3, -0.25) is 19.8 Å². The minimum absolute atomic E-state index is 0.0278. The number of carbonyl (C=O) groups is 2. The second kappa shape index (κ2) is 8.96. The molecule has 1 heterocycles. The zero-order chi connectivity index (χ0) is 21.8. The first-order valence-corrected chi connectivity index (χ1v) is 9.64. The fourth-order valence-electron chi connectivity index (χ4n) is 3.09. The predicted octanol–water partition coefficient (Wildman–Crippen LogP) is 3.11. The van der Waals surface area contributed by atoms with Crippen LogP contribution in [0.1, 0.15) is 18.1 Å². The topological polar surface area (TPSA) is 77.1 Å². The van der Waals surface area contributed by atoms with E-state index >= 15 is 0 Å². The second-order valence-corrected chi connectivity index (χ2v) is 6.81. The molecule has 0 spiro atoms. The van der Waals surface area contributed by atoms with E-state index < -0.39 is 11.8 Å². The SMILES string of the molecule is CCc1ccc(N2C(=O)/C(=C/c3c(OC)cc(OC)cc3OC)C(=O)NC2=S)cc1. The van der Waals surface area contributed by atoms with Gasteiger partial charge in [0.25, 0.3) is 11.8 Å². The average molecular weight is 426 g/mol. The van der Waals surface area contributed by atoms with Gasteiger partial charge in [-0.1, -0.05) is 19.1 Å². The Kier molecular flexibility index (Phi) is 6.37. The van der Waals surface area contributed by atoms with Gasteiger partial charge in [0.1, 0.15) is 22.8 Å². The number of aryl methyl sites for hydroxylation is 1. The fourth-order valence-corrected chi connectivity index (χ4v) is 3.37. The number of amides is 2. The molecule has 30 heavy (non-hydrogen) atoms. The Morgan fingerprint density at radius 1 is 1.00 bits per heavy atom. The number of nitrogens with one attached hydrogen (secondary N) is 1. The number of carbonyl (C=O) groups excluding carboxylic acids is 2. The Morgan fingerprint density at radius 3 is 2.10 bits per heavy atom. The summed E-state index contributed by atoms with van der Waals surface area (Å²) in [6.07, 6.45) is 2.31. The molecule has 0 radical (unpaired) electrons. The Hall–Kier alpha value is -3.39. The number of hydrogen-bond acceptors (Lipinski definition) is 6. The highest BCUT2D eigenvalue weighted by Crippen LogP contribution is 2.36. The normalized spacial score (nSPS) is 15.3. The van der Waals surface area contributed by atoms with Crippen LogP contribution in [-0.4, -0.2) is 38.3 Å². The summed E-state index contributed by atoms with van der Waals surface area (Å²) in [6, 6.07) is 10.7. The molecule has 0 atom stereocenters. The van der Waals surface area contributed by atoms with E-state index in [4.69, 9.17) is 26.4 Å². The second-order valence-electron chi connectivity index (χ2n) is 6.42. The maximum Gasteiger partial charge on any atom is 0.270 e. The zero-order valence-corrected chi connectivity index (χ0v) is 18.0. The van der Waals surface area contributed by atoms with Gasteiger partial charge >= 0.3 is 0 Å². The van der Waals surface area contributed by atoms with Crippen molar-refractivity contribution in [1.29, 1.82) is 0 Å². The van der Waals surface area contributed by atoms with Gasteiger partial charge in [0.2, 0.25) is 0 Å². The summed E-state index contributed by atoms with van der Waals surface area (Å²) in [5.74, 6) is 0.181. The van der Waals surface area contributed by atoms with E-state index in [1.54, 1.807) is 24.3 Å². The Labute approximate surface area is 180 Å². The molecule has 8 heteroatoms. The molecule has 1 N–H and O–H groups in total. The van der Waals surface area contributed by atoms with Gasteiger partial charge in [0, 0.05) is 12.1 Å². The van der Waals surface area contributed by atoms with Gasteiger partial charge in [-0.2, -0.15) is 0 Å². The van der Waals surface area contributed by atoms with E-state index in [1.165, 1.54) is 32.3 Å². The summed E-state index contributed by atoms with van der Waals surface area (Å²) >= 11 is 5.25. The standard InChI is InChI=1S/C22H22N2O5S/c1-5-13-6-8-14(9-7-13)24-21(26)17(20(25)23-22(24)30)12-16-18(28-3)10-15(27-2)11-19(16)29-4/h6-12H,5H2,1-4H3,(H,23,25,30)/b17-12+. The first kappa shape index (κ1) is 21.3. The number of methoxy groups -OCH3 is 3. The lowest BCUT2D eigenvalue weighted by Crippen LogP contribution is -2.54. The van der Waals surface area contributed by atoms with Crippen LogP contribution < -0.4 is 24.4 Å². The molecule has 2 aromatic carbocycles. The van der Waals surface area contributed by atoms with Crippen LogP contribution in [-0.2, 0) is 16.0 Å². The van der Waals surface area contributed by atoms with Crippen LogP contribution >= 0.6 is 12.2 Å². The third kappa shape index (κ3) is 3.99. The number of rotatable bonds is 6. The molecular formula is C22H22N2O5S. The van der Waals surface area contributed by atoms with E-state index in [-0.39, 0.29) is 10.7 Å². The van der Waals surface area contributed by atoms with Crippen molar-refractivity contribution in [3.63, 3.8) is 0 Å². The highest BCUT2D eigenvalue weighted by Gasteiger charge is 2.35. The average Bonchev–Trinajstić information content (AvgIpc) is 2.76. The van der Waals surface area contributed by atoms with E-state index in [2.05, 4.69) is 5.32 Å². The van der Waals surface area contributed by atoms with Crippen LogP contribution in [0, 0.1) is 0 Å². The summed E-state index contributed by atoms with van der Waals surface area (Å²) in [7, 11) is 4.48. The first-order chi connectivity index (χ1) is 14.4. The number of thiocarbonyl (C=S) groups is 1. The molecule has 0 aliphatic carbocycles. The van der Waals surface area contributed by atoms with Crippen molar-refractivity contribution in [2.45, 2.75) is 13.3 Å². The number of ether oxygens (including phenoxy) is 3. The van der Waals surface area contributed by atoms with Gasteiger partial charge in [-0.05, 0) is 42.4 Å². The largest absolute Gasteiger partial charge is 0.496 e. The molecule has 3 rings (SSSR count). The van der Waals surface area contributed by atoms with Crippen molar-refractivity contribution in [3.05, 3.63) is 53.1 Å². The van der Waals surface area contributed by atoms with Crippen molar-refractivity contribution >= 4 is 40.9 Å². The van der Waals surface area contributed by atoms with Crippen molar-refractivity contribution in [2.75, 3.05) is 26.2 Å². The lowest BCUT2D eigenvalue weighted by Gasteiger charge is -2.29. The monoisotopic (exact) mass is 426 g/mol. The number of benzene rings is 2. The predicted molar refractivity (Wildman–Crippen MR) is 118 cm³/mol. The summed E-state index contributed by atoms with van der Waals surface area (Å²) in [5, 5.41) is 2.61. The van der Waals surface area contributed by atoms with Crippen LogP contribution in [0.5, 0.6) is 17.2 Å². The molecular weight excluding hydrogens is 404 g/mol. The minimum Gasteiger partial charge on any atom is -0.496 e. The molecule has 156 valence electrons. The van der Waals surface area contributed by atoms with Gasteiger partial charge in [-0.15, -0.1) is 0 Å². The van der Waals surface area contributed by atoms with Crippen LogP contribution in [0.2, 0.25) is 0 Å². The van der Waals surface area contributed by atoms with Crippen molar-refractivity contribution in [1.82, 2.24) is 5.32 Å². The molecule has 1 saturated heterocycles. The maximum atomic E-state index is 13.2. The van der Waals surface area contributed by atoms with Crippen molar-refractivity contribution in [2.24, 2.45) is 0 Å². The molecule has 1 aliphatic heterocycles. The summed E-state index contributed by atoms with van der Waals surface area (Å²) in [4.78, 5) is 27.1. The van der Waals surface area contributed by atoms with E-state index in [0.717, 1.165) is 12.0 Å². The zero-order valence-electron chi connectivity index (χ0n) is 17.1. The van der Waals surface area contributed by atoms with Gasteiger partial charge in [0.05, 0.1) is 32.6 Å². The molecule has 7 nitrogen and oxygen atoms in total. The molecule has 2 amide bonds. The Balaban J connectivity index is 2.08. The molecule has 1 aliphatic rings. The van der Waals surface area contributed by atoms with Crippen molar-refractivity contribution in [3.8, 4) is 17.2 Å². The highest BCUT2D eigenvalue weighted by molar-refractivity contribution is 7.80. The van der Waals surface area contributed by atoms with Crippen LogP contribution in [0.3, 0.4) is 0 Å². The quantitative estimate of drug-likeness (QED) is 0.435.